The van der Waals surface area contributed by atoms with Crippen LogP contribution in [-0.2, 0) is 9.59 Å². The quantitative estimate of drug-likeness (QED) is 0.819. The summed E-state index contributed by atoms with van der Waals surface area (Å²) >= 11 is 0. The molecule has 2 rings (SSSR count). The van der Waals surface area contributed by atoms with Crippen molar-refractivity contribution < 1.29 is 9.59 Å². The molecule has 1 fully saturated rings. The Morgan fingerprint density at radius 3 is 2.81 bits per heavy atom. The van der Waals surface area contributed by atoms with E-state index in [2.05, 4.69) is 10.2 Å². The topological polar surface area (TPSA) is 49.4 Å². The molecule has 0 bridgehead atoms. The van der Waals surface area contributed by atoms with E-state index in [4.69, 9.17) is 0 Å². The van der Waals surface area contributed by atoms with Gasteiger partial charge in [0.15, 0.2) is 0 Å². The van der Waals surface area contributed by atoms with Gasteiger partial charge in [-0.05, 0) is 63.5 Å². The third kappa shape index (κ3) is 5.31. The summed E-state index contributed by atoms with van der Waals surface area (Å²) in [7, 11) is 0. The largest absolute Gasteiger partial charge is 0.326 e. The molecule has 114 valence electrons. The lowest BCUT2D eigenvalue weighted by atomic mass is 9.98. The summed E-state index contributed by atoms with van der Waals surface area (Å²) in [5, 5.41) is 2.93. The molecule has 1 aliphatic rings. The summed E-state index contributed by atoms with van der Waals surface area (Å²) in [6, 6.07) is 7.85. The van der Waals surface area contributed by atoms with E-state index in [1.54, 1.807) is 0 Å². The molecule has 1 heterocycles. The van der Waals surface area contributed by atoms with Crippen LogP contribution in [-0.4, -0.2) is 36.7 Å². The van der Waals surface area contributed by atoms with Crippen molar-refractivity contribution in [3.8, 4) is 0 Å². The van der Waals surface area contributed by atoms with Crippen LogP contribution < -0.4 is 5.32 Å². The number of benzene rings is 1. The molecule has 0 aromatic heterocycles. The molecule has 1 saturated heterocycles. The van der Waals surface area contributed by atoms with E-state index in [1.165, 1.54) is 0 Å². The molecule has 1 aromatic rings. The maximum Gasteiger partial charge on any atom is 0.224 e. The second-order valence-electron chi connectivity index (χ2n) is 5.84. The number of rotatable bonds is 6. The molecule has 0 aliphatic carbocycles. The van der Waals surface area contributed by atoms with Crippen molar-refractivity contribution in [2.45, 2.75) is 32.6 Å². The Kier molecular flexibility index (Phi) is 5.93. The normalized spacial score (nSPS) is 16.6. The molecule has 0 saturated carbocycles. The molecule has 1 aromatic carbocycles. The van der Waals surface area contributed by atoms with Gasteiger partial charge in [-0.2, -0.15) is 0 Å². The smallest absolute Gasteiger partial charge is 0.224 e. The fourth-order valence-corrected chi connectivity index (χ4v) is 2.72. The number of aryl methyl sites for hydroxylation is 1. The van der Waals surface area contributed by atoms with Gasteiger partial charge in [0, 0.05) is 18.0 Å². The Morgan fingerprint density at radius 1 is 1.38 bits per heavy atom. The van der Waals surface area contributed by atoms with Crippen molar-refractivity contribution in [3.05, 3.63) is 29.8 Å². The number of carbonyl (C=O) groups is 2. The lowest BCUT2D eigenvalue weighted by Crippen LogP contribution is -2.35. The van der Waals surface area contributed by atoms with Crippen LogP contribution in [0.2, 0.25) is 0 Å². The highest BCUT2D eigenvalue weighted by atomic mass is 16.1. The number of piperidine rings is 1. The summed E-state index contributed by atoms with van der Waals surface area (Å²) in [5.74, 6) is 0.314. The van der Waals surface area contributed by atoms with Crippen LogP contribution in [0, 0.1) is 12.8 Å². The maximum absolute atomic E-state index is 11.9. The highest BCUT2D eigenvalue weighted by molar-refractivity contribution is 5.90. The number of nitrogens with one attached hydrogen (secondary N) is 1. The summed E-state index contributed by atoms with van der Waals surface area (Å²) in [5.41, 5.74) is 2.01. The molecule has 0 radical (unpaired) electrons. The first-order valence-corrected chi connectivity index (χ1v) is 7.71. The predicted molar refractivity (Wildman–Crippen MR) is 84.3 cm³/mol. The van der Waals surface area contributed by atoms with Gasteiger partial charge < -0.3 is 15.0 Å². The van der Waals surface area contributed by atoms with Crippen LogP contribution >= 0.6 is 0 Å². The van der Waals surface area contributed by atoms with Gasteiger partial charge in [-0.15, -0.1) is 0 Å². The van der Waals surface area contributed by atoms with Gasteiger partial charge >= 0.3 is 0 Å². The SMILES string of the molecule is Cc1cccc(NC(=O)CCCN2CCC(C=O)CC2)c1. The van der Waals surface area contributed by atoms with Crippen LogP contribution in [0.3, 0.4) is 0 Å². The Balaban J connectivity index is 1.64. The monoisotopic (exact) mass is 288 g/mol. The minimum atomic E-state index is 0.0726. The molecule has 0 spiro atoms. The zero-order chi connectivity index (χ0) is 15.1. The third-order valence-corrected chi connectivity index (χ3v) is 4.00. The van der Waals surface area contributed by atoms with Crippen molar-refractivity contribution in [2.24, 2.45) is 5.92 Å². The minimum Gasteiger partial charge on any atom is -0.326 e. The lowest BCUT2D eigenvalue weighted by Gasteiger charge is -2.29. The number of amides is 1. The fourth-order valence-electron chi connectivity index (χ4n) is 2.72. The maximum atomic E-state index is 11.9. The van der Waals surface area contributed by atoms with Crippen molar-refractivity contribution in [1.29, 1.82) is 0 Å². The molecule has 0 atom stereocenters. The Morgan fingerprint density at radius 2 is 2.14 bits per heavy atom. The van der Waals surface area contributed by atoms with Gasteiger partial charge in [0.05, 0.1) is 0 Å². The van der Waals surface area contributed by atoms with E-state index in [0.717, 1.165) is 56.4 Å². The highest BCUT2D eigenvalue weighted by Gasteiger charge is 2.18. The van der Waals surface area contributed by atoms with E-state index in [-0.39, 0.29) is 11.8 Å². The van der Waals surface area contributed by atoms with E-state index < -0.39 is 0 Å². The summed E-state index contributed by atoms with van der Waals surface area (Å²) in [6.45, 7) is 4.90. The zero-order valence-electron chi connectivity index (χ0n) is 12.7. The first-order valence-electron chi connectivity index (χ1n) is 7.71. The van der Waals surface area contributed by atoms with Crippen molar-refractivity contribution in [1.82, 2.24) is 4.90 Å². The van der Waals surface area contributed by atoms with Gasteiger partial charge in [0.25, 0.3) is 0 Å². The molecule has 1 N–H and O–H groups in total. The van der Waals surface area contributed by atoms with Crippen LogP contribution in [0.15, 0.2) is 24.3 Å². The second kappa shape index (κ2) is 7.93. The molecule has 21 heavy (non-hydrogen) atoms. The van der Waals surface area contributed by atoms with Crippen LogP contribution in [0.5, 0.6) is 0 Å². The molecule has 4 heteroatoms. The minimum absolute atomic E-state index is 0.0726. The number of hydrogen-bond acceptors (Lipinski definition) is 3. The van der Waals surface area contributed by atoms with Crippen molar-refractivity contribution in [2.75, 3.05) is 25.0 Å². The molecule has 0 unspecified atom stereocenters. The van der Waals surface area contributed by atoms with Crippen molar-refractivity contribution >= 4 is 17.9 Å². The molecular weight excluding hydrogens is 264 g/mol. The fraction of sp³-hybridized carbons (Fsp3) is 0.529. The Hall–Kier alpha value is -1.68. The van der Waals surface area contributed by atoms with Crippen LogP contribution in [0.4, 0.5) is 5.69 Å². The van der Waals surface area contributed by atoms with E-state index >= 15 is 0 Å². The lowest BCUT2D eigenvalue weighted by molar-refractivity contribution is -0.116. The molecule has 4 nitrogen and oxygen atoms in total. The molecular formula is C17H24N2O2. The number of anilines is 1. The number of aldehydes is 1. The van der Waals surface area contributed by atoms with Gasteiger partial charge in [-0.25, -0.2) is 0 Å². The van der Waals surface area contributed by atoms with E-state index in [0.29, 0.717) is 6.42 Å². The van der Waals surface area contributed by atoms with Gasteiger partial charge in [-0.1, -0.05) is 12.1 Å². The summed E-state index contributed by atoms with van der Waals surface area (Å²) in [6.07, 6.45) is 4.40. The number of hydrogen-bond donors (Lipinski definition) is 1. The second-order valence-corrected chi connectivity index (χ2v) is 5.84. The Bertz CT molecular complexity index is 479. The van der Waals surface area contributed by atoms with Crippen molar-refractivity contribution in [3.63, 3.8) is 0 Å². The highest BCUT2D eigenvalue weighted by Crippen LogP contribution is 2.15. The van der Waals surface area contributed by atoms with Gasteiger partial charge in [-0.3, -0.25) is 4.79 Å². The first-order chi connectivity index (χ1) is 10.2. The summed E-state index contributed by atoms with van der Waals surface area (Å²) < 4.78 is 0. The number of nitrogens with zero attached hydrogens (tertiary/aromatic N) is 1. The van der Waals surface area contributed by atoms with E-state index in [9.17, 15) is 9.59 Å². The average Bonchev–Trinajstić information content (AvgIpc) is 2.48. The number of carbonyl (C=O) groups excluding carboxylic acids is 2. The summed E-state index contributed by atoms with van der Waals surface area (Å²) in [4.78, 5) is 24.9. The van der Waals surface area contributed by atoms with Gasteiger partial charge in [0.2, 0.25) is 5.91 Å². The molecule has 1 amide bonds. The van der Waals surface area contributed by atoms with Crippen LogP contribution in [0.25, 0.3) is 0 Å². The Labute approximate surface area is 126 Å². The average molecular weight is 288 g/mol. The first kappa shape index (κ1) is 15.7. The predicted octanol–water partition coefficient (Wildman–Crippen LogP) is 2.62. The van der Waals surface area contributed by atoms with Crippen LogP contribution in [0.1, 0.15) is 31.2 Å². The van der Waals surface area contributed by atoms with E-state index in [1.807, 2.05) is 31.2 Å². The standard InChI is InChI=1S/C17H24N2O2/c1-14-4-2-5-16(12-14)18-17(21)6-3-9-19-10-7-15(13-20)8-11-19/h2,4-5,12-13,15H,3,6-11H2,1H3,(H,18,21). The third-order valence-electron chi connectivity index (χ3n) is 4.00. The van der Waals surface area contributed by atoms with Gasteiger partial charge in [0.1, 0.15) is 6.29 Å². The zero-order valence-corrected chi connectivity index (χ0v) is 12.7. The number of likely N-dealkylation sites (tertiary alicyclic amines) is 1. The molecule has 1 aliphatic heterocycles.